The van der Waals surface area contributed by atoms with Crippen LogP contribution >= 0.6 is 0 Å². The molecule has 1 rings (SSSR count). The normalized spacial score (nSPS) is 13.9. The SMILES string of the molecule is CCC(C)NC(=O)C(C)NCCc1cccc(C)c1. The van der Waals surface area contributed by atoms with Gasteiger partial charge in [0.2, 0.25) is 5.91 Å². The minimum atomic E-state index is -0.140. The van der Waals surface area contributed by atoms with Crippen molar-refractivity contribution in [3.8, 4) is 0 Å². The molecule has 0 aliphatic carbocycles. The summed E-state index contributed by atoms with van der Waals surface area (Å²) in [6.45, 7) is 8.92. The van der Waals surface area contributed by atoms with E-state index in [0.29, 0.717) is 0 Å². The Labute approximate surface area is 116 Å². The van der Waals surface area contributed by atoms with Crippen molar-refractivity contribution in [1.29, 1.82) is 0 Å². The molecule has 1 amide bonds. The predicted molar refractivity (Wildman–Crippen MR) is 80.2 cm³/mol. The number of amides is 1. The molecular weight excluding hydrogens is 236 g/mol. The third kappa shape index (κ3) is 5.88. The summed E-state index contributed by atoms with van der Waals surface area (Å²) in [6.07, 6.45) is 1.91. The van der Waals surface area contributed by atoms with Gasteiger partial charge in [0, 0.05) is 6.04 Å². The average molecular weight is 262 g/mol. The Morgan fingerprint density at radius 2 is 2.05 bits per heavy atom. The molecular formula is C16H26N2O. The highest BCUT2D eigenvalue weighted by atomic mass is 16.2. The Morgan fingerprint density at radius 3 is 2.68 bits per heavy atom. The third-order valence-corrected chi connectivity index (χ3v) is 3.34. The lowest BCUT2D eigenvalue weighted by molar-refractivity contribution is -0.123. The molecule has 19 heavy (non-hydrogen) atoms. The van der Waals surface area contributed by atoms with Gasteiger partial charge in [0.15, 0.2) is 0 Å². The molecule has 3 heteroatoms. The molecule has 2 atom stereocenters. The van der Waals surface area contributed by atoms with E-state index in [0.717, 1.165) is 19.4 Å². The van der Waals surface area contributed by atoms with Crippen molar-refractivity contribution in [3.63, 3.8) is 0 Å². The van der Waals surface area contributed by atoms with Crippen LogP contribution in [0.5, 0.6) is 0 Å². The monoisotopic (exact) mass is 262 g/mol. The fourth-order valence-electron chi connectivity index (χ4n) is 1.86. The molecule has 1 aromatic rings. The molecule has 0 spiro atoms. The first kappa shape index (κ1) is 15.7. The van der Waals surface area contributed by atoms with Gasteiger partial charge in [-0.25, -0.2) is 0 Å². The summed E-state index contributed by atoms with van der Waals surface area (Å²) in [7, 11) is 0. The zero-order valence-corrected chi connectivity index (χ0v) is 12.5. The van der Waals surface area contributed by atoms with Gasteiger partial charge in [0.25, 0.3) is 0 Å². The van der Waals surface area contributed by atoms with E-state index in [1.54, 1.807) is 0 Å². The Balaban J connectivity index is 2.30. The second-order valence-corrected chi connectivity index (χ2v) is 5.23. The summed E-state index contributed by atoms with van der Waals surface area (Å²) < 4.78 is 0. The van der Waals surface area contributed by atoms with Crippen LogP contribution in [0.3, 0.4) is 0 Å². The van der Waals surface area contributed by atoms with Gasteiger partial charge in [-0.05, 0) is 45.7 Å². The van der Waals surface area contributed by atoms with Crippen molar-refractivity contribution in [2.45, 2.75) is 52.6 Å². The van der Waals surface area contributed by atoms with E-state index in [-0.39, 0.29) is 18.0 Å². The molecule has 106 valence electrons. The van der Waals surface area contributed by atoms with Gasteiger partial charge in [-0.1, -0.05) is 36.8 Å². The van der Waals surface area contributed by atoms with Gasteiger partial charge in [0.1, 0.15) is 0 Å². The molecule has 1 aromatic carbocycles. The van der Waals surface area contributed by atoms with Crippen molar-refractivity contribution in [3.05, 3.63) is 35.4 Å². The van der Waals surface area contributed by atoms with Crippen molar-refractivity contribution in [1.82, 2.24) is 10.6 Å². The highest BCUT2D eigenvalue weighted by Crippen LogP contribution is 2.04. The van der Waals surface area contributed by atoms with Crippen LogP contribution < -0.4 is 10.6 Å². The van der Waals surface area contributed by atoms with E-state index in [4.69, 9.17) is 0 Å². The van der Waals surface area contributed by atoms with E-state index >= 15 is 0 Å². The molecule has 3 nitrogen and oxygen atoms in total. The largest absolute Gasteiger partial charge is 0.352 e. The first-order chi connectivity index (χ1) is 9.02. The molecule has 2 N–H and O–H groups in total. The molecule has 0 heterocycles. The van der Waals surface area contributed by atoms with Crippen LogP contribution in [0.2, 0.25) is 0 Å². The summed E-state index contributed by atoms with van der Waals surface area (Å²) in [4.78, 5) is 11.8. The number of nitrogens with one attached hydrogen (secondary N) is 2. The molecule has 0 saturated carbocycles. The Kier molecular flexibility index (Phi) is 6.57. The fraction of sp³-hybridized carbons (Fsp3) is 0.562. The maximum atomic E-state index is 11.8. The van der Waals surface area contributed by atoms with E-state index in [1.165, 1.54) is 11.1 Å². The van der Waals surface area contributed by atoms with Gasteiger partial charge in [-0.15, -0.1) is 0 Å². The third-order valence-electron chi connectivity index (χ3n) is 3.34. The smallest absolute Gasteiger partial charge is 0.237 e. The molecule has 0 aliphatic rings. The quantitative estimate of drug-likeness (QED) is 0.792. The molecule has 0 fully saturated rings. The molecule has 0 aromatic heterocycles. The highest BCUT2D eigenvalue weighted by Gasteiger charge is 2.13. The van der Waals surface area contributed by atoms with Crippen LogP contribution in [0.15, 0.2) is 24.3 Å². The maximum absolute atomic E-state index is 11.8. The summed E-state index contributed by atoms with van der Waals surface area (Å²) in [5.41, 5.74) is 2.59. The van der Waals surface area contributed by atoms with Gasteiger partial charge >= 0.3 is 0 Å². The topological polar surface area (TPSA) is 41.1 Å². The first-order valence-electron chi connectivity index (χ1n) is 7.12. The van der Waals surface area contributed by atoms with Crippen LogP contribution in [0, 0.1) is 6.92 Å². The summed E-state index contributed by atoms with van der Waals surface area (Å²) >= 11 is 0. The van der Waals surface area contributed by atoms with Gasteiger partial charge in [-0.2, -0.15) is 0 Å². The number of benzene rings is 1. The number of hydrogen-bond donors (Lipinski definition) is 2. The lowest BCUT2D eigenvalue weighted by atomic mass is 10.1. The fourth-order valence-corrected chi connectivity index (χ4v) is 1.86. The average Bonchev–Trinajstić information content (AvgIpc) is 2.38. The lowest BCUT2D eigenvalue weighted by Gasteiger charge is -2.17. The zero-order valence-electron chi connectivity index (χ0n) is 12.5. The minimum absolute atomic E-state index is 0.0820. The van der Waals surface area contributed by atoms with Gasteiger partial charge in [0.05, 0.1) is 6.04 Å². The van der Waals surface area contributed by atoms with Gasteiger partial charge in [-0.3, -0.25) is 4.79 Å². The second-order valence-electron chi connectivity index (χ2n) is 5.23. The van der Waals surface area contributed by atoms with Crippen LogP contribution in [0.4, 0.5) is 0 Å². The molecule has 0 saturated heterocycles. The zero-order chi connectivity index (χ0) is 14.3. The van der Waals surface area contributed by atoms with Crippen LogP contribution in [0.1, 0.15) is 38.3 Å². The second kappa shape index (κ2) is 7.95. The lowest BCUT2D eigenvalue weighted by Crippen LogP contribution is -2.45. The Bertz CT molecular complexity index is 403. The van der Waals surface area contributed by atoms with Crippen molar-refractivity contribution < 1.29 is 4.79 Å². The number of carbonyl (C=O) groups is 1. The number of hydrogen-bond acceptors (Lipinski definition) is 2. The highest BCUT2D eigenvalue weighted by molar-refractivity contribution is 5.81. The van der Waals surface area contributed by atoms with E-state index in [9.17, 15) is 4.79 Å². The molecule has 2 unspecified atom stereocenters. The van der Waals surface area contributed by atoms with Crippen molar-refractivity contribution in [2.75, 3.05) is 6.54 Å². The van der Waals surface area contributed by atoms with Crippen LogP contribution in [-0.4, -0.2) is 24.5 Å². The van der Waals surface area contributed by atoms with E-state index < -0.39 is 0 Å². The Morgan fingerprint density at radius 1 is 1.32 bits per heavy atom. The first-order valence-corrected chi connectivity index (χ1v) is 7.12. The standard InChI is InChI=1S/C16H26N2O/c1-5-13(3)18-16(19)14(4)17-10-9-15-8-6-7-12(2)11-15/h6-8,11,13-14,17H,5,9-10H2,1-4H3,(H,18,19). The number of aryl methyl sites for hydroxylation is 1. The number of rotatable bonds is 7. The van der Waals surface area contributed by atoms with E-state index in [2.05, 4.69) is 48.7 Å². The predicted octanol–water partition coefficient (Wildman–Crippen LogP) is 2.43. The van der Waals surface area contributed by atoms with Crippen molar-refractivity contribution in [2.24, 2.45) is 0 Å². The van der Waals surface area contributed by atoms with Gasteiger partial charge < -0.3 is 10.6 Å². The molecule has 0 radical (unpaired) electrons. The van der Waals surface area contributed by atoms with Crippen LogP contribution in [-0.2, 0) is 11.2 Å². The summed E-state index contributed by atoms with van der Waals surface area (Å²) in [6, 6.07) is 8.58. The van der Waals surface area contributed by atoms with Crippen LogP contribution in [0.25, 0.3) is 0 Å². The number of carbonyl (C=O) groups excluding carboxylic acids is 1. The Hall–Kier alpha value is -1.35. The summed E-state index contributed by atoms with van der Waals surface area (Å²) in [5, 5.41) is 6.25. The van der Waals surface area contributed by atoms with Crippen molar-refractivity contribution >= 4 is 5.91 Å². The molecule has 0 bridgehead atoms. The molecule has 0 aliphatic heterocycles. The van der Waals surface area contributed by atoms with E-state index in [1.807, 2.05) is 13.8 Å². The minimum Gasteiger partial charge on any atom is -0.352 e. The maximum Gasteiger partial charge on any atom is 0.237 e. The summed E-state index contributed by atoms with van der Waals surface area (Å²) in [5.74, 6) is 0.0820.